The average Bonchev–Trinajstić information content (AvgIpc) is 2.65. The Balaban J connectivity index is 0.00000128. The van der Waals surface area contributed by atoms with Gasteiger partial charge in [-0.3, -0.25) is 5.41 Å². The van der Waals surface area contributed by atoms with Crippen molar-refractivity contribution in [3.8, 4) is 0 Å². The van der Waals surface area contributed by atoms with E-state index in [0.717, 1.165) is 25.1 Å². The van der Waals surface area contributed by atoms with E-state index in [2.05, 4.69) is 0 Å². The van der Waals surface area contributed by atoms with Crippen LogP contribution in [-0.4, -0.2) is 23.5 Å². The van der Waals surface area contributed by atoms with Gasteiger partial charge in [0.1, 0.15) is 5.84 Å². The first-order valence-electron chi connectivity index (χ1n) is 4.87. The van der Waals surface area contributed by atoms with Crippen LogP contribution in [0.3, 0.4) is 0 Å². The van der Waals surface area contributed by atoms with Gasteiger partial charge in [-0.05, 0) is 30.7 Å². The van der Waals surface area contributed by atoms with E-state index in [4.69, 9.17) is 10.5 Å². The van der Waals surface area contributed by atoms with Gasteiger partial charge in [-0.2, -0.15) is 0 Å². The van der Waals surface area contributed by atoms with Gasteiger partial charge < -0.3 is 10.0 Å². The van der Waals surface area contributed by atoms with Gasteiger partial charge in [0.05, 0.1) is 5.56 Å². The predicted molar refractivity (Wildman–Crippen MR) is 65.0 cm³/mol. The summed E-state index contributed by atoms with van der Waals surface area (Å²) in [5.41, 5.74) is 1.19. The van der Waals surface area contributed by atoms with Crippen molar-refractivity contribution in [2.75, 3.05) is 11.4 Å². The lowest BCUT2D eigenvalue weighted by atomic mass is 10.2. The Morgan fingerprint density at radius 3 is 2.38 bits per heavy atom. The number of carbonyl (C=O) groups is 1. The molecule has 4 nitrogen and oxygen atoms in total. The number of amidine groups is 1. The molecule has 1 fully saturated rings. The first-order valence-corrected chi connectivity index (χ1v) is 4.87. The summed E-state index contributed by atoms with van der Waals surface area (Å²) in [6.45, 7) is 0.852. The Labute approximate surface area is 99.8 Å². The first-order chi connectivity index (χ1) is 7.18. The van der Waals surface area contributed by atoms with E-state index in [1.165, 1.54) is 0 Å². The summed E-state index contributed by atoms with van der Waals surface area (Å²) in [6, 6.07) is 6.65. The molecule has 86 valence electrons. The van der Waals surface area contributed by atoms with Crippen molar-refractivity contribution in [2.24, 2.45) is 0 Å². The zero-order chi connectivity index (χ0) is 10.8. The molecule has 1 saturated heterocycles. The SMILES string of the molecule is Cl.N=C1CCCN1c1ccc(C(=O)O)cc1. The van der Waals surface area contributed by atoms with E-state index in [0.29, 0.717) is 5.84 Å². The highest BCUT2D eigenvalue weighted by molar-refractivity contribution is 5.98. The number of hydrogen-bond donors (Lipinski definition) is 2. The van der Waals surface area contributed by atoms with E-state index in [9.17, 15) is 4.79 Å². The molecule has 0 aromatic heterocycles. The van der Waals surface area contributed by atoms with Crippen LogP contribution in [0.1, 0.15) is 23.2 Å². The van der Waals surface area contributed by atoms with E-state index >= 15 is 0 Å². The number of carboxylic acids is 1. The smallest absolute Gasteiger partial charge is 0.335 e. The van der Waals surface area contributed by atoms with Crippen molar-refractivity contribution in [3.05, 3.63) is 29.8 Å². The largest absolute Gasteiger partial charge is 0.478 e. The fourth-order valence-corrected chi connectivity index (χ4v) is 1.74. The molecule has 5 heteroatoms. The molecule has 1 aromatic rings. The van der Waals surface area contributed by atoms with Gasteiger partial charge in [0, 0.05) is 18.7 Å². The number of halogens is 1. The highest BCUT2D eigenvalue weighted by atomic mass is 35.5. The van der Waals surface area contributed by atoms with E-state index < -0.39 is 5.97 Å². The molecule has 2 rings (SSSR count). The molecule has 0 spiro atoms. The van der Waals surface area contributed by atoms with Crippen LogP contribution < -0.4 is 4.90 Å². The van der Waals surface area contributed by atoms with E-state index in [-0.39, 0.29) is 18.0 Å². The van der Waals surface area contributed by atoms with Crippen molar-refractivity contribution in [2.45, 2.75) is 12.8 Å². The minimum absolute atomic E-state index is 0. The molecular weight excluding hydrogens is 228 g/mol. The average molecular weight is 241 g/mol. The van der Waals surface area contributed by atoms with Crippen LogP contribution >= 0.6 is 12.4 Å². The van der Waals surface area contributed by atoms with E-state index in [1.54, 1.807) is 24.3 Å². The van der Waals surface area contributed by atoms with Gasteiger partial charge in [-0.15, -0.1) is 12.4 Å². The van der Waals surface area contributed by atoms with Crippen LogP contribution in [0.2, 0.25) is 0 Å². The summed E-state index contributed by atoms with van der Waals surface area (Å²) in [7, 11) is 0. The Bertz CT molecular complexity index is 403. The third-order valence-corrected chi connectivity index (χ3v) is 2.55. The van der Waals surface area contributed by atoms with Crippen LogP contribution in [0.15, 0.2) is 24.3 Å². The maximum Gasteiger partial charge on any atom is 0.335 e. The Morgan fingerprint density at radius 1 is 1.31 bits per heavy atom. The number of rotatable bonds is 2. The molecule has 1 aliphatic rings. The summed E-state index contributed by atoms with van der Waals surface area (Å²) in [5.74, 6) is -0.309. The molecule has 0 unspecified atom stereocenters. The van der Waals surface area contributed by atoms with Crippen molar-refractivity contribution < 1.29 is 9.90 Å². The Hall–Kier alpha value is -1.55. The normalized spacial score (nSPS) is 14.8. The zero-order valence-electron chi connectivity index (χ0n) is 8.64. The molecule has 0 radical (unpaired) electrons. The molecule has 0 bridgehead atoms. The molecule has 0 atom stereocenters. The van der Waals surface area contributed by atoms with Crippen LogP contribution in [0.25, 0.3) is 0 Å². The quantitative estimate of drug-likeness (QED) is 0.834. The summed E-state index contributed by atoms with van der Waals surface area (Å²) >= 11 is 0. The summed E-state index contributed by atoms with van der Waals surface area (Å²) in [4.78, 5) is 12.6. The molecule has 1 aliphatic heterocycles. The Kier molecular flexibility index (Phi) is 3.90. The van der Waals surface area contributed by atoms with Crippen molar-refractivity contribution in [3.63, 3.8) is 0 Å². The van der Waals surface area contributed by atoms with Gasteiger partial charge in [-0.25, -0.2) is 4.79 Å². The molecule has 1 heterocycles. The van der Waals surface area contributed by atoms with Crippen molar-refractivity contribution in [1.29, 1.82) is 5.41 Å². The standard InChI is InChI=1S/C11H12N2O2.ClH/c12-10-2-1-7-13(10)9-5-3-8(4-6-9)11(14)15;/h3-6,12H,1-2,7H2,(H,14,15);1H. The number of anilines is 1. The van der Waals surface area contributed by atoms with Gasteiger partial charge in [0.2, 0.25) is 0 Å². The van der Waals surface area contributed by atoms with Crippen molar-refractivity contribution in [1.82, 2.24) is 0 Å². The lowest BCUT2D eigenvalue weighted by Crippen LogP contribution is -2.22. The van der Waals surface area contributed by atoms with Crippen molar-refractivity contribution >= 4 is 29.9 Å². The molecule has 2 N–H and O–H groups in total. The summed E-state index contributed by atoms with van der Waals surface area (Å²) in [6.07, 6.45) is 1.81. The number of nitrogens with one attached hydrogen (secondary N) is 1. The minimum atomic E-state index is -0.918. The lowest BCUT2D eigenvalue weighted by Gasteiger charge is -2.17. The zero-order valence-corrected chi connectivity index (χ0v) is 9.46. The second-order valence-electron chi connectivity index (χ2n) is 3.55. The van der Waals surface area contributed by atoms with Gasteiger partial charge in [0.15, 0.2) is 0 Å². The monoisotopic (exact) mass is 240 g/mol. The number of aromatic carboxylic acids is 1. The number of nitrogens with zero attached hydrogens (tertiary/aromatic N) is 1. The summed E-state index contributed by atoms with van der Waals surface area (Å²) < 4.78 is 0. The molecule has 0 saturated carbocycles. The van der Waals surface area contributed by atoms with Crippen LogP contribution in [0, 0.1) is 5.41 Å². The number of benzene rings is 1. The predicted octanol–water partition coefficient (Wildman–Crippen LogP) is 2.38. The van der Waals surface area contributed by atoms with Crippen LogP contribution in [-0.2, 0) is 0 Å². The van der Waals surface area contributed by atoms with Crippen LogP contribution in [0.5, 0.6) is 0 Å². The van der Waals surface area contributed by atoms with E-state index in [1.807, 2.05) is 4.90 Å². The van der Waals surface area contributed by atoms with Gasteiger partial charge in [0.25, 0.3) is 0 Å². The third-order valence-electron chi connectivity index (χ3n) is 2.55. The minimum Gasteiger partial charge on any atom is -0.478 e. The van der Waals surface area contributed by atoms with Gasteiger partial charge >= 0.3 is 5.97 Å². The fourth-order valence-electron chi connectivity index (χ4n) is 1.74. The highest BCUT2D eigenvalue weighted by Crippen LogP contribution is 2.21. The first kappa shape index (κ1) is 12.5. The Morgan fingerprint density at radius 2 is 1.94 bits per heavy atom. The lowest BCUT2D eigenvalue weighted by molar-refractivity contribution is 0.0697. The maximum atomic E-state index is 10.6. The topological polar surface area (TPSA) is 64.4 Å². The highest BCUT2D eigenvalue weighted by Gasteiger charge is 2.18. The molecule has 1 aromatic carbocycles. The van der Waals surface area contributed by atoms with Gasteiger partial charge in [-0.1, -0.05) is 0 Å². The third kappa shape index (κ3) is 2.33. The molecule has 16 heavy (non-hydrogen) atoms. The summed E-state index contributed by atoms with van der Waals surface area (Å²) in [5, 5.41) is 16.4. The molecule has 0 amide bonds. The second-order valence-corrected chi connectivity index (χ2v) is 3.55. The number of hydrogen-bond acceptors (Lipinski definition) is 2. The molecular formula is C11H13ClN2O2. The second kappa shape index (κ2) is 4.99. The number of carboxylic acid groups (broad SMARTS) is 1. The fraction of sp³-hybridized carbons (Fsp3) is 0.273. The maximum absolute atomic E-state index is 10.6. The molecule has 0 aliphatic carbocycles. The van der Waals surface area contributed by atoms with Crippen LogP contribution in [0.4, 0.5) is 5.69 Å².